The van der Waals surface area contributed by atoms with E-state index in [2.05, 4.69) is 34.4 Å². The highest BCUT2D eigenvalue weighted by molar-refractivity contribution is 7.91. The van der Waals surface area contributed by atoms with Crippen molar-refractivity contribution in [3.63, 3.8) is 0 Å². The Labute approximate surface area is 208 Å². The Morgan fingerprint density at radius 3 is 2.03 bits per heavy atom. The SMILES string of the molecule is CCc1cc(-c2ccccc2)cc(CC)[n+]1CC(=O)N=c1sc(S(N)(=O)=O)nn1C.[O-][Cl+3]([O-])([O-])[O-]. The maximum absolute atomic E-state index is 12.7. The molecule has 3 aromatic rings. The van der Waals surface area contributed by atoms with Crippen molar-refractivity contribution in [3.05, 3.63) is 58.7 Å². The second-order valence-electron chi connectivity index (χ2n) is 7.09. The van der Waals surface area contributed by atoms with E-state index in [1.807, 2.05) is 36.6 Å². The minimum Gasteiger partial charge on any atom is -0.265 e. The van der Waals surface area contributed by atoms with Gasteiger partial charge >= 0.3 is 5.91 Å². The van der Waals surface area contributed by atoms with Crippen molar-refractivity contribution < 1.29 is 46.7 Å². The molecule has 0 saturated carbocycles. The molecule has 0 atom stereocenters. The van der Waals surface area contributed by atoms with E-state index in [4.69, 9.17) is 23.8 Å². The zero-order chi connectivity index (χ0) is 26.4. The van der Waals surface area contributed by atoms with E-state index < -0.39 is 26.2 Å². The number of nitrogens with two attached hydrogens (primary N) is 1. The molecule has 0 bridgehead atoms. The third-order valence-corrected chi connectivity index (χ3v) is 6.92. The van der Waals surface area contributed by atoms with Crippen LogP contribution >= 0.6 is 11.3 Å². The van der Waals surface area contributed by atoms with Gasteiger partial charge in [0.25, 0.3) is 10.0 Å². The topological polar surface area (TPSA) is 204 Å². The van der Waals surface area contributed by atoms with E-state index in [1.54, 1.807) is 0 Å². The van der Waals surface area contributed by atoms with Crippen LogP contribution in [0.1, 0.15) is 25.2 Å². The number of pyridine rings is 1. The molecule has 2 aromatic heterocycles. The van der Waals surface area contributed by atoms with Crippen molar-refractivity contribution >= 4 is 27.3 Å². The maximum Gasteiger partial charge on any atom is 0.314 e. The number of amides is 1. The van der Waals surface area contributed by atoms with Crippen molar-refractivity contribution in [2.24, 2.45) is 17.2 Å². The number of carbonyl (C=O) groups is 1. The van der Waals surface area contributed by atoms with E-state index in [9.17, 15) is 13.2 Å². The Hall–Kier alpha value is -2.56. The lowest BCUT2D eigenvalue weighted by molar-refractivity contribution is -2.00. The lowest BCUT2D eigenvalue weighted by Gasteiger charge is -2.17. The van der Waals surface area contributed by atoms with Crippen LogP contribution in [0, 0.1) is 10.2 Å². The van der Waals surface area contributed by atoms with Crippen LogP contribution in [0.3, 0.4) is 0 Å². The van der Waals surface area contributed by atoms with Crippen molar-refractivity contribution in [2.45, 2.75) is 37.6 Å². The normalized spacial score (nSPS) is 12.3. The van der Waals surface area contributed by atoms with Gasteiger partial charge in [0, 0.05) is 32.0 Å². The molecule has 0 aliphatic carbocycles. The highest BCUT2D eigenvalue weighted by Gasteiger charge is 2.21. The number of rotatable bonds is 6. The first-order valence-electron chi connectivity index (χ1n) is 10.1. The summed E-state index contributed by atoms with van der Waals surface area (Å²) in [5, 5.41) is 8.93. The fourth-order valence-corrected chi connectivity index (χ4v) is 4.71. The zero-order valence-electron chi connectivity index (χ0n) is 19.1. The van der Waals surface area contributed by atoms with Gasteiger partial charge in [-0.1, -0.05) is 55.5 Å². The molecule has 0 fully saturated rings. The molecule has 0 saturated heterocycles. The first-order chi connectivity index (χ1) is 16.2. The highest BCUT2D eigenvalue weighted by Crippen LogP contribution is 2.20. The Balaban J connectivity index is 0.000000784. The number of halogens is 1. The van der Waals surface area contributed by atoms with E-state index in [0.29, 0.717) is 0 Å². The molecule has 190 valence electrons. The number of aryl methyl sites for hydroxylation is 3. The Kier molecular flexibility index (Phi) is 9.76. The number of carbonyl (C=O) groups excluding carboxylic acids is 1. The largest absolute Gasteiger partial charge is 0.314 e. The third-order valence-electron chi connectivity index (χ3n) is 4.61. The van der Waals surface area contributed by atoms with Gasteiger partial charge < -0.3 is 0 Å². The van der Waals surface area contributed by atoms with Crippen LogP contribution < -0.4 is 33.1 Å². The van der Waals surface area contributed by atoms with E-state index in [-0.39, 0.29) is 15.7 Å². The summed E-state index contributed by atoms with van der Waals surface area (Å²) < 4.78 is 59.9. The van der Waals surface area contributed by atoms with Crippen molar-refractivity contribution in [1.29, 1.82) is 0 Å². The molecule has 2 heterocycles. The second kappa shape index (κ2) is 11.9. The van der Waals surface area contributed by atoms with Crippen LogP contribution in [0.5, 0.6) is 0 Å². The minimum atomic E-state index is -4.94. The molecule has 12 nitrogen and oxygen atoms in total. The Bertz CT molecular complexity index is 1320. The molecule has 1 amide bonds. The van der Waals surface area contributed by atoms with E-state index in [1.165, 1.54) is 11.7 Å². The summed E-state index contributed by atoms with van der Waals surface area (Å²) in [4.78, 5) is 16.9. The number of sulfonamides is 1. The molecular formula is C20H24ClN5O7S2. The van der Waals surface area contributed by atoms with Gasteiger partial charge in [-0.2, -0.15) is 9.56 Å². The number of nitrogens with zero attached hydrogens (tertiary/aromatic N) is 4. The number of benzene rings is 1. The predicted octanol–water partition coefficient (Wildman–Crippen LogP) is -3.42. The average Bonchev–Trinajstić information content (AvgIpc) is 3.13. The Morgan fingerprint density at radius 1 is 1.09 bits per heavy atom. The van der Waals surface area contributed by atoms with Crippen LogP contribution in [0.4, 0.5) is 0 Å². The summed E-state index contributed by atoms with van der Waals surface area (Å²) in [6.45, 7) is 4.15. The van der Waals surface area contributed by atoms with Gasteiger partial charge in [0.15, 0.2) is 11.4 Å². The van der Waals surface area contributed by atoms with Gasteiger partial charge in [-0.15, -0.1) is 15.3 Å². The summed E-state index contributed by atoms with van der Waals surface area (Å²) >= 11 is 0.767. The van der Waals surface area contributed by atoms with Gasteiger partial charge in [-0.05, 0) is 11.1 Å². The fourth-order valence-electron chi connectivity index (χ4n) is 3.14. The van der Waals surface area contributed by atoms with Crippen molar-refractivity contribution in [2.75, 3.05) is 0 Å². The van der Waals surface area contributed by atoms with Gasteiger partial charge in [-0.25, -0.2) is 36.9 Å². The van der Waals surface area contributed by atoms with Gasteiger partial charge in [0.05, 0.1) is 0 Å². The molecule has 0 radical (unpaired) electrons. The molecule has 0 unspecified atom stereocenters. The molecule has 35 heavy (non-hydrogen) atoms. The van der Waals surface area contributed by atoms with Crippen molar-refractivity contribution in [1.82, 2.24) is 9.78 Å². The van der Waals surface area contributed by atoms with E-state index in [0.717, 1.165) is 46.7 Å². The first-order valence-corrected chi connectivity index (χ1v) is 13.7. The van der Waals surface area contributed by atoms with Crippen LogP contribution in [-0.4, -0.2) is 24.1 Å². The maximum atomic E-state index is 12.7. The zero-order valence-corrected chi connectivity index (χ0v) is 21.5. The molecule has 0 spiro atoms. The summed E-state index contributed by atoms with van der Waals surface area (Å²) in [5.74, 6) is -0.392. The molecule has 3 rings (SSSR count). The number of hydrogen-bond acceptors (Lipinski definition) is 9. The summed E-state index contributed by atoms with van der Waals surface area (Å²) in [6.07, 6.45) is 1.51. The highest BCUT2D eigenvalue weighted by atomic mass is 35.7. The van der Waals surface area contributed by atoms with Gasteiger partial charge in [0.1, 0.15) is 0 Å². The number of primary sulfonamides is 1. The van der Waals surface area contributed by atoms with Gasteiger partial charge in [-0.3, -0.25) is 4.79 Å². The molecule has 0 aliphatic rings. The second-order valence-corrected chi connectivity index (χ2v) is 10.5. The van der Waals surface area contributed by atoms with Crippen LogP contribution in [0.15, 0.2) is 51.8 Å². The quantitative estimate of drug-likeness (QED) is 0.308. The summed E-state index contributed by atoms with van der Waals surface area (Å²) in [7, 11) is -7.36. The monoisotopic (exact) mass is 545 g/mol. The smallest absolute Gasteiger partial charge is 0.265 e. The summed E-state index contributed by atoms with van der Waals surface area (Å²) in [5.41, 5.74) is 4.28. The van der Waals surface area contributed by atoms with Crippen LogP contribution in [0.2, 0.25) is 0 Å². The van der Waals surface area contributed by atoms with Gasteiger partial charge in [0.2, 0.25) is 15.7 Å². The molecule has 0 aliphatic heterocycles. The average molecular weight is 546 g/mol. The van der Waals surface area contributed by atoms with Crippen LogP contribution in [-0.2, 0) is 41.3 Å². The van der Waals surface area contributed by atoms with Crippen LogP contribution in [0.25, 0.3) is 11.1 Å². The molecule has 1 aromatic carbocycles. The molecule has 2 N–H and O–H groups in total. The lowest BCUT2D eigenvalue weighted by atomic mass is 10.0. The molecular weight excluding hydrogens is 522 g/mol. The number of hydrogen-bond donors (Lipinski definition) is 1. The molecule has 15 heteroatoms. The number of aromatic nitrogens is 3. The van der Waals surface area contributed by atoms with E-state index >= 15 is 0 Å². The van der Waals surface area contributed by atoms with Crippen molar-refractivity contribution in [3.8, 4) is 11.1 Å². The first kappa shape index (κ1) is 28.7. The minimum absolute atomic E-state index is 0.0595. The summed E-state index contributed by atoms with van der Waals surface area (Å²) in [6, 6.07) is 14.3. The standard InChI is InChI=1S/C20H24N5O3S2.ClHO4/c1-4-16-11-15(14-9-7-6-8-10-14)12-17(5-2)25(16)13-18(26)22-19-24(3)23-20(29-19)30(21,27)28;2-1(3,4)5/h6-12H,4-5,13H2,1-3H3,(H2,21,27,28);(H,2,3,4,5)/q+1;/p-1. The predicted molar refractivity (Wildman–Crippen MR) is 114 cm³/mol. The third kappa shape index (κ3) is 8.87. The lowest BCUT2D eigenvalue weighted by Crippen LogP contribution is -2.68. The fraction of sp³-hybridized carbons (Fsp3) is 0.300. The Morgan fingerprint density at radius 2 is 1.60 bits per heavy atom.